The molecule has 0 nitrogen and oxygen atoms in total. The van der Waals surface area contributed by atoms with Crippen LogP contribution in [0.25, 0.3) is 5.57 Å². The minimum absolute atomic E-state index is 0.0243. The normalized spacial score (nSPS) is 30.6. The van der Waals surface area contributed by atoms with Crippen LogP contribution in [0.4, 0.5) is 17.6 Å². The highest BCUT2D eigenvalue weighted by Crippen LogP contribution is 2.44. The van der Waals surface area contributed by atoms with Gasteiger partial charge in [0.15, 0.2) is 5.83 Å². The van der Waals surface area contributed by atoms with Crippen molar-refractivity contribution in [3.63, 3.8) is 0 Å². The van der Waals surface area contributed by atoms with Crippen LogP contribution in [0.3, 0.4) is 0 Å². The lowest BCUT2D eigenvalue weighted by Crippen LogP contribution is -2.25. The molecule has 0 spiro atoms. The number of allylic oxidation sites excluding steroid dienone is 6. The third-order valence-electron chi connectivity index (χ3n) is 7.09. The zero-order valence-corrected chi connectivity index (χ0v) is 19.1. The Bertz CT molecular complexity index is 869. The molecule has 162 valence electrons. The Labute approximate surface area is 189 Å². The van der Waals surface area contributed by atoms with Gasteiger partial charge in [-0.25, -0.2) is 17.6 Å². The fourth-order valence-electron chi connectivity index (χ4n) is 5.36. The van der Waals surface area contributed by atoms with Crippen molar-refractivity contribution in [3.8, 4) is 0 Å². The second-order valence-corrected chi connectivity index (χ2v) is 10.7. The van der Waals surface area contributed by atoms with Gasteiger partial charge in [-0.3, -0.25) is 0 Å². The second-order valence-electron chi connectivity index (χ2n) is 8.98. The Morgan fingerprint density at radius 1 is 0.767 bits per heavy atom. The molecule has 0 saturated heterocycles. The van der Waals surface area contributed by atoms with E-state index in [4.69, 9.17) is 0 Å². The van der Waals surface area contributed by atoms with Gasteiger partial charge in [0.25, 0.3) is 0 Å². The van der Waals surface area contributed by atoms with Crippen LogP contribution in [-0.2, 0) is 0 Å². The number of rotatable bonds is 3. The molecule has 0 radical (unpaired) electrons. The Kier molecular flexibility index (Phi) is 7.05. The summed E-state index contributed by atoms with van der Waals surface area (Å²) < 4.78 is 56.7. The van der Waals surface area contributed by atoms with Crippen molar-refractivity contribution >= 4 is 28.2 Å². The van der Waals surface area contributed by atoms with Crippen LogP contribution >= 0.6 is 22.6 Å². The van der Waals surface area contributed by atoms with E-state index in [1.54, 1.807) is 6.07 Å². The van der Waals surface area contributed by atoms with Gasteiger partial charge >= 0.3 is 0 Å². The molecule has 2 fully saturated rings. The molecule has 0 aromatic heterocycles. The molecule has 0 aliphatic heterocycles. The first-order valence-corrected chi connectivity index (χ1v) is 12.2. The molecule has 3 aliphatic carbocycles. The molecule has 1 aromatic rings. The number of hydrogen-bond donors (Lipinski definition) is 0. The van der Waals surface area contributed by atoms with Crippen LogP contribution in [0.2, 0.25) is 0 Å². The van der Waals surface area contributed by atoms with E-state index in [9.17, 15) is 17.6 Å². The lowest BCUT2D eigenvalue weighted by molar-refractivity contribution is 0.189. The Morgan fingerprint density at radius 2 is 1.40 bits per heavy atom. The standard InChI is InChI=1S/C25H27F4I/c26-20-11-19(13-24(28)25(29)14-20)22-10-7-18(12-23(22)27)17-3-1-15(2-4-17)16-5-8-21(30)9-6-16/h7,10-13,15-17,21H,1-6,8-9,14H2. The summed E-state index contributed by atoms with van der Waals surface area (Å²) >= 11 is 2.57. The molecule has 0 unspecified atom stereocenters. The highest BCUT2D eigenvalue weighted by Gasteiger charge is 2.31. The van der Waals surface area contributed by atoms with Gasteiger partial charge in [0.1, 0.15) is 17.5 Å². The quantitative estimate of drug-likeness (QED) is 0.208. The summed E-state index contributed by atoms with van der Waals surface area (Å²) in [6.07, 6.45) is 11.0. The predicted molar refractivity (Wildman–Crippen MR) is 122 cm³/mol. The lowest BCUT2D eigenvalue weighted by Gasteiger charge is -2.37. The van der Waals surface area contributed by atoms with Crippen LogP contribution in [0.1, 0.15) is 74.8 Å². The molecule has 3 aliphatic rings. The summed E-state index contributed by atoms with van der Waals surface area (Å²) in [5, 5.41) is 0. The molecule has 4 rings (SSSR count). The van der Waals surface area contributed by atoms with Gasteiger partial charge in [0.2, 0.25) is 0 Å². The second kappa shape index (κ2) is 9.58. The topological polar surface area (TPSA) is 0 Å². The average molecular weight is 530 g/mol. The molecule has 0 heterocycles. The van der Waals surface area contributed by atoms with Crippen LogP contribution in [0.15, 0.2) is 47.8 Å². The maximum absolute atomic E-state index is 14.9. The van der Waals surface area contributed by atoms with E-state index in [0.29, 0.717) is 5.92 Å². The largest absolute Gasteiger partial charge is 0.211 e. The Morgan fingerprint density at radius 3 is 2.03 bits per heavy atom. The predicted octanol–water partition coefficient (Wildman–Crippen LogP) is 8.88. The third-order valence-corrected chi connectivity index (χ3v) is 8.34. The number of alkyl halides is 1. The average Bonchev–Trinajstić information content (AvgIpc) is 2.86. The summed E-state index contributed by atoms with van der Waals surface area (Å²) in [5.41, 5.74) is 1.07. The first-order chi connectivity index (χ1) is 14.4. The van der Waals surface area contributed by atoms with Crippen molar-refractivity contribution in [2.75, 3.05) is 0 Å². The number of hydrogen-bond acceptors (Lipinski definition) is 0. The van der Waals surface area contributed by atoms with Crippen LogP contribution in [-0.4, -0.2) is 3.92 Å². The molecule has 1 aromatic carbocycles. The molecule has 5 heteroatoms. The van der Waals surface area contributed by atoms with E-state index >= 15 is 0 Å². The van der Waals surface area contributed by atoms with Gasteiger partial charge in [0.05, 0.1) is 6.42 Å². The molecule has 2 saturated carbocycles. The van der Waals surface area contributed by atoms with Crippen molar-refractivity contribution in [2.45, 2.75) is 67.6 Å². The zero-order chi connectivity index (χ0) is 21.3. The van der Waals surface area contributed by atoms with Gasteiger partial charge in [0, 0.05) is 9.49 Å². The molecule has 30 heavy (non-hydrogen) atoms. The van der Waals surface area contributed by atoms with Crippen molar-refractivity contribution in [1.29, 1.82) is 0 Å². The third kappa shape index (κ3) is 5.03. The fraction of sp³-hybridized carbons (Fsp3) is 0.520. The minimum Gasteiger partial charge on any atom is -0.211 e. The first kappa shape index (κ1) is 22.1. The summed E-state index contributed by atoms with van der Waals surface area (Å²) in [6, 6.07) is 4.93. The van der Waals surface area contributed by atoms with Gasteiger partial charge in [-0.15, -0.1) is 0 Å². The summed E-state index contributed by atoms with van der Waals surface area (Å²) in [6.45, 7) is 0. The molecular weight excluding hydrogens is 503 g/mol. The Balaban J connectivity index is 1.44. The van der Waals surface area contributed by atoms with E-state index in [1.165, 1.54) is 44.6 Å². The smallest absolute Gasteiger partial charge is 0.155 e. The van der Waals surface area contributed by atoms with E-state index in [-0.39, 0.29) is 11.1 Å². The summed E-state index contributed by atoms with van der Waals surface area (Å²) in [7, 11) is 0. The van der Waals surface area contributed by atoms with Crippen molar-refractivity contribution in [3.05, 3.63) is 64.8 Å². The maximum atomic E-state index is 14.9. The van der Waals surface area contributed by atoms with Crippen LogP contribution in [0.5, 0.6) is 0 Å². The molecule has 0 atom stereocenters. The van der Waals surface area contributed by atoms with Gasteiger partial charge in [-0.1, -0.05) is 34.7 Å². The SMILES string of the molecule is FC1=CC(c2ccc(C3CCC(C4CCC(I)CC4)CC3)cc2F)=CC(F)=C(F)C1. The Hall–Kier alpha value is -1.11. The maximum Gasteiger partial charge on any atom is 0.155 e. The van der Waals surface area contributed by atoms with E-state index in [0.717, 1.165) is 46.3 Å². The van der Waals surface area contributed by atoms with Crippen molar-refractivity contribution < 1.29 is 17.6 Å². The minimum atomic E-state index is -1.17. The summed E-state index contributed by atoms with van der Waals surface area (Å²) in [5.74, 6) is -1.67. The highest BCUT2D eigenvalue weighted by atomic mass is 127. The highest BCUT2D eigenvalue weighted by molar-refractivity contribution is 14.1. The van der Waals surface area contributed by atoms with Crippen LogP contribution in [0, 0.1) is 17.7 Å². The van der Waals surface area contributed by atoms with E-state index in [1.807, 2.05) is 6.07 Å². The zero-order valence-electron chi connectivity index (χ0n) is 16.9. The van der Waals surface area contributed by atoms with Crippen molar-refractivity contribution in [2.24, 2.45) is 11.8 Å². The number of benzene rings is 1. The fourth-order valence-corrected chi connectivity index (χ4v) is 6.08. The van der Waals surface area contributed by atoms with Gasteiger partial charge in [-0.2, -0.15) is 0 Å². The lowest BCUT2D eigenvalue weighted by atomic mass is 9.70. The van der Waals surface area contributed by atoms with E-state index < -0.39 is 29.7 Å². The molecule has 0 bridgehead atoms. The molecular formula is C25H27F4I. The number of halogens is 5. The van der Waals surface area contributed by atoms with E-state index in [2.05, 4.69) is 22.6 Å². The van der Waals surface area contributed by atoms with Gasteiger partial charge in [-0.05, 0) is 98.5 Å². The summed E-state index contributed by atoms with van der Waals surface area (Å²) in [4.78, 5) is 0. The molecule has 0 N–H and O–H groups in total. The van der Waals surface area contributed by atoms with Crippen molar-refractivity contribution in [1.82, 2.24) is 0 Å². The van der Waals surface area contributed by atoms with Gasteiger partial charge < -0.3 is 0 Å². The first-order valence-electron chi connectivity index (χ1n) is 11.0. The molecule has 0 amide bonds. The monoisotopic (exact) mass is 530 g/mol. The van der Waals surface area contributed by atoms with Crippen LogP contribution < -0.4 is 0 Å².